The van der Waals surface area contributed by atoms with Crippen LogP contribution in [0.15, 0.2) is 24.3 Å². The predicted molar refractivity (Wildman–Crippen MR) is 97.7 cm³/mol. The van der Waals surface area contributed by atoms with E-state index in [0.29, 0.717) is 23.6 Å². The summed E-state index contributed by atoms with van der Waals surface area (Å²) in [6, 6.07) is 6.23. The maximum absolute atomic E-state index is 12.4. The molecule has 1 aromatic rings. The summed E-state index contributed by atoms with van der Waals surface area (Å²) >= 11 is 7.69. The lowest BCUT2D eigenvalue weighted by Gasteiger charge is -2.19. The van der Waals surface area contributed by atoms with Crippen molar-refractivity contribution in [2.24, 2.45) is 0 Å². The molecule has 2 amide bonds. The van der Waals surface area contributed by atoms with Crippen LogP contribution >= 0.6 is 23.4 Å². The number of amides is 2. The van der Waals surface area contributed by atoms with Crippen molar-refractivity contribution in [2.75, 3.05) is 25.2 Å². The summed E-state index contributed by atoms with van der Waals surface area (Å²) in [4.78, 5) is 24.8. The largest absolute Gasteiger partial charge is 0.376 e. The van der Waals surface area contributed by atoms with Gasteiger partial charge in [0, 0.05) is 13.2 Å². The molecule has 0 saturated carbocycles. The molecule has 2 atom stereocenters. The summed E-state index contributed by atoms with van der Waals surface area (Å²) in [5.74, 6) is 0.264. The first-order valence-electron chi connectivity index (χ1n) is 8.05. The highest BCUT2D eigenvalue weighted by Crippen LogP contribution is 2.15. The third kappa shape index (κ3) is 5.69. The lowest BCUT2D eigenvalue weighted by Crippen LogP contribution is -2.48. The number of hydrogen-bond acceptors (Lipinski definition) is 4. The molecule has 0 spiro atoms. The van der Waals surface area contributed by atoms with E-state index in [2.05, 4.69) is 10.6 Å². The number of halogens is 1. The Morgan fingerprint density at radius 3 is 2.88 bits per heavy atom. The van der Waals surface area contributed by atoms with Crippen molar-refractivity contribution in [2.45, 2.75) is 31.4 Å². The van der Waals surface area contributed by atoms with Crippen molar-refractivity contribution in [1.82, 2.24) is 10.6 Å². The van der Waals surface area contributed by atoms with Gasteiger partial charge in [0.05, 0.1) is 16.7 Å². The highest BCUT2D eigenvalue weighted by atomic mass is 35.5. The lowest BCUT2D eigenvalue weighted by molar-refractivity contribution is -0.123. The molecule has 0 radical (unpaired) electrons. The van der Waals surface area contributed by atoms with E-state index in [4.69, 9.17) is 16.3 Å². The standard InChI is InChI=1S/C17H23ClN2O3S/c1-24-10-8-15(17(22)19-11-12-5-4-9-23-12)20-16(21)13-6-2-3-7-14(13)18/h2-3,6-7,12,15H,4-5,8-11H2,1H3,(H,19,22)(H,20,21)/t12-,15-/m1/s1. The van der Waals surface area contributed by atoms with Gasteiger partial charge in [0.25, 0.3) is 5.91 Å². The fourth-order valence-electron chi connectivity index (χ4n) is 2.53. The van der Waals surface area contributed by atoms with Crippen molar-refractivity contribution >= 4 is 35.2 Å². The zero-order valence-corrected chi connectivity index (χ0v) is 15.3. The first-order valence-corrected chi connectivity index (χ1v) is 9.82. The Labute approximate surface area is 151 Å². The molecule has 0 aromatic heterocycles. The van der Waals surface area contributed by atoms with Crippen LogP contribution in [-0.4, -0.2) is 49.1 Å². The van der Waals surface area contributed by atoms with Crippen LogP contribution in [0, 0.1) is 0 Å². The summed E-state index contributed by atoms with van der Waals surface area (Å²) < 4.78 is 5.51. The van der Waals surface area contributed by atoms with Gasteiger partial charge in [-0.3, -0.25) is 9.59 Å². The number of hydrogen-bond donors (Lipinski definition) is 2. The van der Waals surface area contributed by atoms with Gasteiger partial charge >= 0.3 is 0 Å². The summed E-state index contributed by atoms with van der Waals surface area (Å²) in [5, 5.41) is 6.05. The lowest BCUT2D eigenvalue weighted by atomic mass is 10.1. The molecule has 1 aliphatic rings. The zero-order chi connectivity index (χ0) is 17.4. The Morgan fingerprint density at radius 1 is 1.42 bits per heavy atom. The third-order valence-electron chi connectivity index (χ3n) is 3.88. The number of ether oxygens (including phenoxy) is 1. The maximum atomic E-state index is 12.4. The smallest absolute Gasteiger partial charge is 0.253 e. The van der Waals surface area contributed by atoms with E-state index in [1.165, 1.54) is 0 Å². The highest BCUT2D eigenvalue weighted by molar-refractivity contribution is 7.98. The van der Waals surface area contributed by atoms with Gasteiger partial charge in [0.1, 0.15) is 6.04 Å². The van der Waals surface area contributed by atoms with Crippen molar-refractivity contribution in [3.8, 4) is 0 Å². The minimum absolute atomic E-state index is 0.0782. The second kappa shape index (κ2) is 9.91. The second-order valence-corrected chi connectivity index (χ2v) is 7.06. The van der Waals surface area contributed by atoms with E-state index in [1.54, 1.807) is 36.0 Å². The zero-order valence-electron chi connectivity index (χ0n) is 13.7. The van der Waals surface area contributed by atoms with Crippen LogP contribution in [-0.2, 0) is 9.53 Å². The van der Waals surface area contributed by atoms with E-state index in [-0.39, 0.29) is 17.9 Å². The van der Waals surface area contributed by atoms with Gasteiger partial charge < -0.3 is 15.4 Å². The first-order chi connectivity index (χ1) is 11.6. The van der Waals surface area contributed by atoms with Crippen LogP contribution < -0.4 is 10.6 Å². The Kier molecular flexibility index (Phi) is 7.88. The molecule has 24 heavy (non-hydrogen) atoms. The van der Waals surface area contributed by atoms with Crippen LogP contribution in [0.25, 0.3) is 0 Å². The molecule has 2 rings (SSSR count). The van der Waals surface area contributed by atoms with Gasteiger partial charge in [-0.25, -0.2) is 0 Å². The summed E-state index contributed by atoms with van der Waals surface area (Å²) in [6.07, 6.45) is 4.60. The summed E-state index contributed by atoms with van der Waals surface area (Å²) in [6.45, 7) is 1.23. The summed E-state index contributed by atoms with van der Waals surface area (Å²) in [5.41, 5.74) is 0.375. The first kappa shape index (κ1) is 19.1. The molecule has 0 bridgehead atoms. The second-order valence-electron chi connectivity index (χ2n) is 5.67. The Hall–Kier alpha value is -1.24. The number of rotatable bonds is 8. The molecular formula is C17H23ClN2O3S. The van der Waals surface area contributed by atoms with E-state index >= 15 is 0 Å². The monoisotopic (exact) mass is 370 g/mol. The van der Waals surface area contributed by atoms with Gasteiger partial charge in [-0.05, 0) is 43.4 Å². The van der Waals surface area contributed by atoms with Crippen molar-refractivity contribution < 1.29 is 14.3 Å². The molecule has 1 aliphatic heterocycles. The normalized spacial score (nSPS) is 18.2. The molecule has 0 unspecified atom stereocenters. The Bertz CT molecular complexity index is 565. The molecule has 7 heteroatoms. The number of carbonyl (C=O) groups excluding carboxylic acids is 2. The SMILES string of the molecule is CSCC[C@@H](NC(=O)c1ccccc1Cl)C(=O)NC[C@H]1CCCO1. The molecule has 1 saturated heterocycles. The van der Waals surface area contributed by atoms with Gasteiger partial charge in [-0.1, -0.05) is 23.7 Å². The van der Waals surface area contributed by atoms with Gasteiger partial charge in [-0.15, -0.1) is 0 Å². The van der Waals surface area contributed by atoms with Gasteiger partial charge in [0.15, 0.2) is 0 Å². The Balaban J connectivity index is 1.94. The molecule has 1 fully saturated rings. The van der Waals surface area contributed by atoms with Crippen LogP contribution in [0.3, 0.4) is 0 Å². The topological polar surface area (TPSA) is 67.4 Å². The predicted octanol–water partition coefficient (Wildman–Crippen LogP) is 2.49. The molecule has 1 aromatic carbocycles. The molecule has 1 heterocycles. The van der Waals surface area contributed by atoms with Crippen LogP contribution in [0.2, 0.25) is 5.02 Å². The fraction of sp³-hybridized carbons (Fsp3) is 0.529. The number of thioether (sulfide) groups is 1. The maximum Gasteiger partial charge on any atom is 0.253 e. The fourth-order valence-corrected chi connectivity index (χ4v) is 3.22. The molecule has 5 nitrogen and oxygen atoms in total. The van der Waals surface area contributed by atoms with E-state index < -0.39 is 6.04 Å². The Morgan fingerprint density at radius 2 is 2.21 bits per heavy atom. The highest BCUT2D eigenvalue weighted by Gasteiger charge is 2.23. The summed E-state index contributed by atoms with van der Waals surface area (Å²) in [7, 11) is 0. The number of benzene rings is 1. The van der Waals surface area contributed by atoms with E-state index in [9.17, 15) is 9.59 Å². The van der Waals surface area contributed by atoms with Gasteiger partial charge in [0.2, 0.25) is 5.91 Å². The molecule has 0 aliphatic carbocycles. The number of nitrogens with one attached hydrogen (secondary N) is 2. The van der Waals surface area contributed by atoms with Crippen molar-refractivity contribution in [3.05, 3.63) is 34.9 Å². The van der Waals surface area contributed by atoms with Crippen LogP contribution in [0.4, 0.5) is 0 Å². The minimum atomic E-state index is -0.581. The molecule has 132 valence electrons. The van der Waals surface area contributed by atoms with E-state index in [1.807, 2.05) is 6.26 Å². The quantitative estimate of drug-likeness (QED) is 0.737. The number of carbonyl (C=O) groups is 2. The van der Waals surface area contributed by atoms with Crippen molar-refractivity contribution in [3.63, 3.8) is 0 Å². The average molecular weight is 371 g/mol. The van der Waals surface area contributed by atoms with Crippen molar-refractivity contribution in [1.29, 1.82) is 0 Å². The molecular weight excluding hydrogens is 348 g/mol. The molecule has 2 N–H and O–H groups in total. The van der Waals surface area contributed by atoms with E-state index in [0.717, 1.165) is 25.2 Å². The third-order valence-corrected chi connectivity index (χ3v) is 4.85. The van der Waals surface area contributed by atoms with Crippen LogP contribution in [0.5, 0.6) is 0 Å². The van der Waals surface area contributed by atoms with Gasteiger partial charge in [-0.2, -0.15) is 11.8 Å². The van der Waals surface area contributed by atoms with Crippen LogP contribution in [0.1, 0.15) is 29.6 Å². The average Bonchev–Trinajstić information content (AvgIpc) is 3.10. The minimum Gasteiger partial charge on any atom is -0.376 e.